The Kier molecular flexibility index (Phi) is 4.65. The van der Waals surface area contributed by atoms with Crippen molar-refractivity contribution >= 4 is 15.9 Å². The molecule has 19 heavy (non-hydrogen) atoms. The zero-order chi connectivity index (χ0) is 13.8. The van der Waals surface area contributed by atoms with Crippen LogP contribution in [0.2, 0.25) is 0 Å². The molecule has 2 heteroatoms. The first kappa shape index (κ1) is 14.1. The first-order valence-corrected chi connectivity index (χ1v) is 7.36. The molecule has 1 nitrogen and oxygen atoms in total. The standard InChI is InChI=1S/C17H19BrO/c1-12-8-9-13(2)14(10-12)11-16(18)15-6-4-5-7-17(15)19-3/h4-10,16H,11H2,1-3H3. The van der Waals surface area contributed by atoms with Crippen LogP contribution in [0.4, 0.5) is 0 Å². The molecule has 0 fully saturated rings. The summed E-state index contributed by atoms with van der Waals surface area (Å²) in [5, 5.41) is 0. The second-order valence-corrected chi connectivity index (χ2v) is 5.95. The van der Waals surface area contributed by atoms with E-state index in [2.05, 4.69) is 60.1 Å². The van der Waals surface area contributed by atoms with Crippen molar-refractivity contribution in [3.05, 3.63) is 64.7 Å². The fourth-order valence-corrected chi connectivity index (χ4v) is 2.98. The maximum Gasteiger partial charge on any atom is 0.123 e. The van der Waals surface area contributed by atoms with Gasteiger partial charge in [0.05, 0.1) is 7.11 Å². The summed E-state index contributed by atoms with van der Waals surface area (Å²) in [5.41, 5.74) is 5.23. The monoisotopic (exact) mass is 318 g/mol. The van der Waals surface area contributed by atoms with Crippen LogP contribution in [0.15, 0.2) is 42.5 Å². The molecule has 0 saturated carbocycles. The van der Waals surface area contributed by atoms with Gasteiger partial charge >= 0.3 is 0 Å². The zero-order valence-corrected chi connectivity index (χ0v) is 13.2. The van der Waals surface area contributed by atoms with E-state index in [1.165, 1.54) is 22.3 Å². The van der Waals surface area contributed by atoms with Crippen LogP contribution >= 0.6 is 15.9 Å². The zero-order valence-electron chi connectivity index (χ0n) is 11.6. The van der Waals surface area contributed by atoms with Crippen LogP contribution in [-0.4, -0.2) is 7.11 Å². The molecule has 1 unspecified atom stereocenters. The molecule has 100 valence electrons. The summed E-state index contributed by atoms with van der Waals surface area (Å²) < 4.78 is 5.43. The molecular formula is C17H19BrO. The molecule has 0 N–H and O–H groups in total. The fourth-order valence-electron chi connectivity index (χ4n) is 2.25. The van der Waals surface area contributed by atoms with E-state index in [0.717, 1.165) is 12.2 Å². The largest absolute Gasteiger partial charge is 0.496 e. The summed E-state index contributed by atoms with van der Waals surface area (Å²) in [6.45, 7) is 4.30. The summed E-state index contributed by atoms with van der Waals surface area (Å²) in [6.07, 6.45) is 0.966. The molecule has 0 radical (unpaired) electrons. The van der Waals surface area contributed by atoms with E-state index in [0.29, 0.717) is 0 Å². The Balaban J connectivity index is 2.25. The van der Waals surface area contributed by atoms with Crippen molar-refractivity contribution in [3.8, 4) is 5.75 Å². The molecule has 2 rings (SSSR count). The second-order valence-electron chi connectivity index (χ2n) is 4.84. The number of methoxy groups -OCH3 is 1. The smallest absolute Gasteiger partial charge is 0.123 e. The first-order valence-electron chi connectivity index (χ1n) is 6.45. The van der Waals surface area contributed by atoms with Crippen molar-refractivity contribution in [1.82, 2.24) is 0 Å². The quantitative estimate of drug-likeness (QED) is 0.721. The maximum absolute atomic E-state index is 5.43. The van der Waals surface area contributed by atoms with Gasteiger partial charge in [-0.05, 0) is 37.5 Å². The van der Waals surface area contributed by atoms with Crippen molar-refractivity contribution < 1.29 is 4.74 Å². The van der Waals surface area contributed by atoms with E-state index in [4.69, 9.17) is 4.74 Å². The van der Waals surface area contributed by atoms with Crippen molar-refractivity contribution in [3.63, 3.8) is 0 Å². The summed E-state index contributed by atoms with van der Waals surface area (Å²) in [6, 6.07) is 14.8. The molecule has 0 aromatic heterocycles. The van der Waals surface area contributed by atoms with Gasteiger partial charge < -0.3 is 4.74 Å². The van der Waals surface area contributed by atoms with E-state index < -0.39 is 0 Å². The van der Waals surface area contributed by atoms with Crippen molar-refractivity contribution in [2.45, 2.75) is 25.1 Å². The number of halogens is 1. The first-order chi connectivity index (χ1) is 9.11. The topological polar surface area (TPSA) is 9.23 Å². The summed E-state index contributed by atoms with van der Waals surface area (Å²) >= 11 is 3.79. The Hall–Kier alpha value is -1.28. The number of aryl methyl sites for hydroxylation is 2. The molecule has 0 heterocycles. The Morgan fingerprint density at radius 2 is 1.84 bits per heavy atom. The van der Waals surface area contributed by atoms with E-state index in [9.17, 15) is 0 Å². The lowest BCUT2D eigenvalue weighted by Gasteiger charge is -2.16. The molecule has 0 bridgehead atoms. The van der Waals surface area contributed by atoms with Crippen LogP contribution in [0.5, 0.6) is 5.75 Å². The molecule has 2 aromatic rings. The lowest BCUT2D eigenvalue weighted by Crippen LogP contribution is -2.00. The number of hydrogen-bond acceptors (Lipinski definition) is 1. The summed E-state index contributed by atoms with van der Waals surface area (Å²) in [4.78, 5) is 0.268. The van der Waals surface area contributed by atoms with Gasteiger partial charge in [0.2, 0.25) is 0 Å². The number of alkyl halides is 1. The summed E-state index contributed by atoms with van der Waals surface area (Å²) in [7, 11) is 1.72. The minimum Gasteiger partial charge on any atom is -0.496 e. The third-order valence-corrected chi connectivity index (χ3v) is 4.20. The highest BCUT2D eigenvalue weighted by molar-refractivity contribution is 9.09. The van der Waals surface area contributed by atoms with Gasteiger partial charge in [0.1, 0.15) is 5.75 Å². The second kappa shape index (κ2) is 6.25. The van der Waals surface area contributed by atoms with Crippen LogP contribution in [0, 0.1) is 13.8 Å². The molecule has 0 aliphatic rings. The molecule has 0 aliphatic carbocycles. The summed E-state index contributed by atoms with van der Waals surface area (Å²) in [5.74, 6) is 0.940. The number of ether oxygens (including phenoxy) is 1. The van der Waals surface area contributed by atoms with E-state index in [1.807, 2.05) is 12.1 Å². The highest BCUT2D eigenvalue weighted by atomic mass is 79.9. The Labute approximate surface area is 123 Å². The lowest BCUT2D eigenvalue weighted by molar-refractivity contribution is 0.409. The SMILES string of the molecule is COc1ccccc1C(Br)Cc1cc(C)ccc1C. The van der Waals surface area contributed by atoms with E-state index in [1.54, 1.807) is 7.11 Å². The third-order valence-electron chi connectivity index (χ3n) is 3.38. The number of hydrogen-bond donors (Lipinski definition) is 0. The van der Waals surface area contributed by atoms with Gasteiger partial charge in [-0.15, -0.1) is 0 Å². The van der Waals surface area contributed by atoms with Crippen molar-refractivity contribution in [2.75, 3.05) is 7.11 Å². The predicted octanol–water partition coefficient (Wildman–Crippen LogP) is 4.99. The minimum atomic E-state index is 0.268. The Morgan fingerprint density at radius 1 is 1.11 bits per heavy atom. The molecule has 0 amide bonds. The van der Waals surface area contributed by atoms with Crippen LogP contribution in [0.1, 0.15) is 27.1 Å². The van der Waals surface area contributed by atoms with Crippen LogP contribution in [0.25, 0.3) is 0 Å². The van der Waals surface area contributed by atoms with Gasteiger partial charge in [-0.25, -0.2) is 0 Å². The maximum atomic E-state index is 5.43. The number of benzene rings is 2. The average Bonchev–Trinajstić information content (AvgIpc) is 2.42. The normalized spacial score (nSPS) is 12.2. The third kappa shape index (κ3) is 3.38. The lowest BCUT2D eigenvalue weighted by atomic mass is 9.98. The van der Waals surface area contributed by atoms with Crippen LogP contribution < -0.4 is 4.74 Å². The fraction of sp³-hybridized carbons (Fsp3) is 0.294. The highest BCUT2D eigenvalue weighted by Crippen LogP contribution is 2.34. The molecule has 0 spiro atoms. The van der Waals surface area contributed by atoms with E-state index >= 15 is 0 Å². The molecular weight excluding hydrogens is 300 g/mol. The van der Waals surface area contributed by atoms with Gasteiger partial charge in [-0.2, -0.15) is 0 Å². The highest BCUT2D eigenvalue weighted by Gasteiger charge is 2.14. The van der Waals surface area contributed by atoms with Gasteiger partial charge in [0.25, 0.3) is 0 Å². The van der Waals surface area contributed by atoms with Gasteiger partial charge in [0.15, 0.2) is 0 Å². The van der Waals surface area contributed by atoms with Crippen LogP contribution in [0.3, 0.4) is 0 Å². The molecule has 0 saturated heterocycles. The van der Waals surface area contributed by atoms with E-state index in [-0.39, 0.29) is 4.83 Å². The molecule has 0 aliphatic heterocycles. The predicted molar refractivity (Wildman–Crippen MR) is 84.3 cm³/mol. The van der Waals surface area contributed by atoms with Gasteiger partial charge in [-0.1, -0.05) is 57.9 Å². The molecule has 1 atom stereocenters. The van der Waals surface area contributed by atoms with Crippen LogP contribution in [-0.2, 0) is 6.42 Å². The Bertz CT molecular complexity index is 563. The minimum absolute atomic E-state index is 0.268. The van der Waals surface area contributed by atoms with Gasteiger partial charge in [0, 0.05) is 10.4 Å². The van der Waals surface area contributed by atoms with Gasteiger partial charge in [-0.3, -0.25) is 0 Å². The van der Waals surface area contributed by atoms with Crippen molar-refractivity contribution in [1.29, 1.82) is 0 Å². The number of rotatable bonds is 4. The average molecular weight is 319 g/mol. The van der Waals surface area contributed by atoms with Crippen molar-refractivity contribution in [2.24, 2.45) is 0 Å². The molecule has 2 aromatic carbocycles. The Morgan fingerprint density at radius 3 is 2.58 bits per heavy atom. The number of para-hydroxylation sites is 1.